The van der Waals surface area contributed by atoms with E-state index in [1.54, 1.807) is 12.0 Å². The number of aliphatic hydroxyl groups is 1. The number of nitrogens with zero attached hydrogens (tertiary/aromatic N) is 2. The van der Waals surface area contributed by atoms with Crippen molar-refractivity contribution in [3.8, 4) is 5.75 Å². The van der Waals surface area contributed by atoms with Crippen LogP contribution in [0.5, 0.6) is 5.75 Å². The Morgan fingerprint density at radius 1 is 1.34 bits per heavy atom. The van der Waals surface area contributed by atoms with Gasteiger partial charge in [0.15, 0.2) is 0 Å². The molecule has 2 aromatic rings. The number of nitrogens with one attached hydrogen (secondary N) is 1. The number of ether oxygens (including phenoxy) is 1. The fourth-order valence-corrected chi connectivity index (χ4v) is 5.14. The third-order valence-corrected chi connectivity index (χ3v) is 6.41. The largest absolute Gasteiger partial charge is 0.497 e. The number of methoxy groups -OCH3 is 1. The second-order valence-electron chi connectivity index (χ2n) is 8.48. The number of aromatic amines is 1. The van der Waals surface area contributed by atoms with Gasteiger partial charge in [0.1, 0.15) is 11.8 Å². The first kappa shape index (κ1) is 18.2. The molecule has 2 fully saturated rings. The maximum absolute atomic E-state index is 13.4. The van der Waals surface area contributed by atoms with Gasteiger partial charge in [-0.3, -0.25) is 14.5 Å². The van der Waals surface area contributed by atoms with Gasteiger partial charge in [-0.25, -0.2) is 0 Å². The molecule has 3 atom stereocenters. The first-order valence-corrected chi connectivity index (χ1v) is 10.1. The second kappa shape index (κ2) is 6.10. The quantitative estimate of drug-likeness (QED) is 0.764. The summed E-state index contributed by atoms with van der Waals surface area (Å²) in [6, 6.07) is 4.72. The smallest absolute Gasteiger partial charge is 0.277 e. The molecule has 1 aromatic carbocycles. The first-order valence-electron chi connectivity index (χ1n) is 10.1. The third kappa shape index (κ3) is 2.40. The van der Waals surface area contributed by atoms with E-state index in [9.17, 15) is 14.7 Å². The minimum absolute atomic E-state index is 0.0789. The van der Waals surface area contributed by atoms with Gasteiger partial charge in [0.05, 0.1) is 13.2 Å². The number of carbonyl (C=O) groups excluding carboxylic acids is 2. The summed E-state index contributed by atoms with van der Waals surface area (Å²) in [5.41, 5.74) is 1.74. The number of carbonyl (C=O) groups is 2. The van der Waals surface area contributed by atoms with Gasteiger partial charge in [-0.05, 0) is 44.4 Å². The molecule has 0 spiro atoms. The number of benzene rings is 1. The van der Waals surface area contributed by atoms with Gasteiger partial charge in [-0.15, -0.1) is 0 Å². The van der Waals surface area contributed by atoms with E-state index in [1.807, 2.05) is 38.1 Å². The van der Waals surface area contributed by atoms with E-state index in [4.69, 9.17) is 4.74 Å². The molecule has 29 heavy (non-hydrogen) atoms. The number of hydrogen-bond acceptors (Lipinski definition) is 4. The van der Waals surface area contributed by atoms with Crippen LogP contribution in [0.1, 0.15) is 44.0 Å². The molecule has 0 unspecified atom stereocenters. The van der Waals surface area contributed by atoms with Gasteiger partial charge in [0, 0.05) is 35.6 Å². The van der Waals surface area contributed by atoms with Crippen molar-refractivity contribution in [2.24, 2.45) is 0 Å². The lowest BCUT2D eigenvalue weighted by atomic mass is 9.84. The van der Waals surface area contributed by atoms with Crippen molar-refractivity contribution in [3.05, 3.63) is 41.1 Å². The number of fused-ring (bicyclic) bond motifs is 5. The first-order chi connectivity index (χ1) is 13.8. The van der Waals surface area contributed by atoms with Crippen LogP contribution >= 0.6 is 0 Å². The van der Waals surface area contributed by atoms with Crippen LogP contribution in [0, 0.1) is 0 Å². The van der Waals surface area contributed by atoms with E-state index in [0.717, 1.165) is 39.9 Å². The summed E-state index contributed by atoms with van der Waals surface area (Å²) in [6.07, 6.45) is 3.46. The molecule has 4 heterocycles. The second-order valence-corrected chi connectivity index (χ2v) is 8.48. The summed E-state index contributed by atoms with van der Waals surface area (Å²) in [6.45, 7) is 4.44. The van der Waals surface area contributed by atoms with Crippen LogP contribution in [-0.4, -0.2) is 57.1 Å². The highest BCUT2D eigenvalue weighted by Crippen LogP contribution is 2.46. The highest BCUT2D eigenvalue weighted by atomic mass is 16.5. The number of allylic oxidation sites excluding steroid dienone is 1. The lowest BCUT2D eigenvalue weighted by molar-refractivity contribution is -0.203. The Labute approximate surface area is 168 Å². The Hall–Kier alpha value is -2.80. The molecule has 2 saturated heterocycles. The van der Waals surface area contributed by atoms with E-state index in [2.05, 4.69) is 4.98 Å². The Balaban J connectivity index is 1.75. The maximum Gasteiger partial charge on any atom is 0.277 e. The highest BCUT2D eigenvalue weighted by molar-refractivity contribution is 6.01. The molecule has 152 valence electrons. The normalized spacial score (nSPS) is 28.3. The lowest BCUT2D eigenvalue weighted by Crippen LogP contribution is -2.72. The molecule has 2 amide bonds. The summed E-state index contributed by atoms with van der Waals surface area (Å²) in [5.74, 6) is 0.188. The number of hydrogen-bond donors (Lipinski definition) is 2. The van der Waals surface area contributed by atoms with Crippen LogP contribution in [0.2, 0.25) is 0 Å². The van der Waals surface area contributed by atoms with Gasteiger partial charge >= 0.3 is 0 Å². The van der Waals surface area contributed by atoms with E-state index < -0.39 is 17.8 Å². The average molecular weight is 395 g/mol. The number of rotatable bonds is 2. The van der Waals surface area contributed by atoms with Gasteiger partial charge in [0.2, 0.25) is 11.6 Å². The fourth-order valence-electron chi connectivity index (χ4n) is 5.14. The van der Waals surface area contributed by atoms with Crippen molar-refractivity contribution in [1.82, 2.24) is 14.8 Å². The van der Waals surface area contributed by atoms with Crippen molar-refractivity contribution < 1.29 is 19.4 Å². The van der Waals surface area contributed by atoms with Crippen LogP contribution in [0.25, 0.3) is 10.9 Å². The monoisotopic (exact) mass is 395 g/mol. The van der Waals surface area contributed by atoms with Crippen LogP contribution in [0.15, 0.2) is 29.8 Å². The van der Waals surface area contributed by atoms with Crippen molar-refractivity contribution in [3.63, 3.8) is 0 Å². The van der Waals surface area contributed by atoms with E-state index in [-0.39, 0.29) is 18.2 Å². The molecule has 7 heteroatoms. The van der Waals surface area contributed by atoms with Crippen molar-refractivity contribution in [2.75, 3.05) is 13.7 Å². The molecular formula is C22H25N3O4. The number of aromatic nitrogens is 1. The van der Waals surface area contributed by atoms with Crippen molar-refractivity contribution >= 4 is 22.7 Å². The zero-order valence-electron chi connectivity index (χ0n) is 16.9. The Morgan fingerprint density at radius 3 is 2.86 bits per heavy atom. The van der Waals surface area contributed by atoms with Gasteiger partial charge < -0.3 is 19.7 Å². The Bertz CT molecular complexity index is 1070. The topological polar surface area (TPSA) is 85.9 Å². The molecule has 5 rings (SSSR count). The Morgan fingerprint density at radius 2 is 2.14 bits per heavy atom. The molecule has 3 aliphatic rings. The minimum Gasteiger partial charge on any atom is -0.497 e. The summed E-state index contributed by atoms with van der Waals surface area (Å²) >= 11 is 0. The number of amides is 2. The van der Waals surface area contributed by atoms with Crippen molar-refractivity contribution in [2.45, 2.75) is 50.9 Å². The predicted octanol–water partition coefficient (Wildman–Crippen LogP) is 2.26. The van der Waals surface area contributed by atoms with Gasteiger partial charge in [-0.1, -0.05) is 11.6 Å². The minimum atomic E-state index is -1.86. The van der Waals surface area contributed by atoms with E-state index in [0.29, 0.717) is 13.0 Å². The molecule has 0 bridgehead atoms. The Kier molecular flexibility index (Phi) is 3.84. The summed E-state index contributed by atoms with van der Waals surface area (Å²) in [4.78, 5) is 33.2. The highest BCUT2D eigenvalue weighted by Gasteiger charge is 2.61. The third-order valence-electron chi connectivity index (χ3n) is 6.41. The van der Waals surface area contributed by atoms with E-state index in [1.165, 1.54) is 4.90 Å². The van der Waals surface area contributed by atoms with Crippen LogP contribution < -0.4 is 4.74 Å². The van der Waals surface area contributed by atoms with Gasteiger partial charge in [-0.2, -0.15) is 0 Å². The number of piperazine rings is 1. The van der Waals surface area contributed by atoms with Crippen LogP contribution in [0.4, 0.5) is 0 Å². The van der Waals surface area contributed by atoms with Crippen LogP contribution in [0.3, 0.4) is 0 Å². The van der Waals surface area contributed by atoms with Gasteiger partial charge in [0.25, 0.3) is 5.91 Å². The fraction of sp³-hybridized carbons (Fsp3) is 0.455. The molecule has 0 saturated carbocycles. The molecular weight excluding hydrogens is 370 g/mol. The molecule has 2 N–H and O–H groups in total. The molecule has 0 radical (unpaired) electrons. The summed E-state index contributed by atoms with van der Waals surface area (Å²) in [7, 11) is 1.61. The molecule has 0 aliphatic carbocycles. The van der Waals surface area contributed by atoms with E-state index >= 15 is 0 Å². The zero-order valence-corrected chi connectivity index (χ0v) is 16.9. The predicted molar refractivity (Wildman–Crippen MR) is 107 cm³/mol. The molecule has 3 aliphatic heterocycles. The standard InChI is InChI=1S/C22H25N3O4/c1-12(2)9-18-19-15(14-7-6-13(29-3)10-16(14)23-19)11-22(28)21(27)24-8-4-5-17(24)20(26)25(18)22/h6-7,9-10,17-18,23,28H,4-5,8,11H2,1-3H3/t17-,18-,22+/m0/s1. The molecule has 1 aromatic heterocycles. The molecule has 7 nitrogen and oxygen atoms in total. The SMILES string of the molecule is COc1ccc2c3c([nH]c2c1)[C@H](C=C(C)C)N1C(=O)[C@@H]2CCCN2C(=O)[C@]1(O)C3. The lowest BCUT2D eigenvalue weighted by Gasteiger charge is -2.52. The zero-order chi connectivity index (χ0) is 20.5. The number of H-pyrrole nitrogens is 1. The average Bonchev–Trinajstić information content (AvgIpc) is 3.30. The summed E-state index contributed by atoms with van der Waals surface area (Å²) < 4.78 is 5.34. The maximum atomic E-state index is 13.4. The summed E-state index contributed by atoms with van der Waals surface area (Å²) in [5, 5.41) is 12.6. The van der Waals surface area contributed by atoms with Crippen molar-refractivity contribution in [1.29, 1.82) is 0 Å². The van der Waals surface area contributed by atoms with Crippen LogP contribution in [-0.2, 0) is 16.0 Å².